The second kappa shape index (κ2) is 4.68. The first-order valence-electron chi connectivity index (χ1n) is 2.75. The Kier molecular flexibility index (Phi) is 5.89. The van der Waals surface area contributed by atoms with Crippen molar-refractivity contribution in [1.82, 2.24) is 4.90 Å². The third kappa shape index (κ3) is 4.76. The van der Waals surface area contributed by atoms with E-state index in [1.165, 1.54) is 11.8 Å². The zero-order valence-electron chi connectivity index (χ0n) is 6.24. The highest BCUT2D eigenvalue weighted by Gasteiger charge is 2.19. The van der Waals surface area contributed by atoms with Crippen molar-refractivity contribution < 1.29 is 10.2 Å². The lowest BCUT2D eigenvalue weighted by molar-refractivity contribution is -0.238. The average molecular weight is 168 g/mol. The van der Waals surface area contributed by atoms with Gasteiger partial charge < -0.3 is 10.2 Å². The highest BCUT2D eigenvalue weighted by molar-refractivity contribution is 5.85. The molecule has 0 aromatic carbocycles. The van der Waals surface area contributed by atoms with Gasteiger partial charge in [0.1, 0.15) is 0 Å². The van der Waals surface area contributed by atoms with Crippen LogP contribution in [-0.2, 0) is 0 Å². The Morgan fingerprint density at radius 2 is 2.00 bits per heavy atom. The molecule has 0 rings (SSSR count). The molecule has 3 nitrogen and oxygen atoms in total. The summed E-state index contributed by atoms with van der Waals surface area (Å²) in [6, 6.07) is 0. The first kappa shape index (κ1) is 12.6. The molecule has 0 saturated carbocycles. The van der Waals surface area contributed by atoms with Gasteiger partial charge in [-0.3, -0.25) is 4.90 Å². The molecule has 4 heteroatoms. The molecule has 0 radical (unpaired) electrons. The molecule has 0 aliphatic carbocycles. The van der Waals surface area contributed by atoms with Gasteiger partial charge in [-0.25, -0.2) is 0 Å². The van der Waals surface area contributed by atoms with Crippen LogP contribution in [0.3, 0.4) is 0 Å². The van der Waals surface area contributed by atoms with Crippen molar-refractivity contribution in [3.05, 3.63) is 12.7 Å². The molecule has 10 heavy (non-hydrogen) atoms. The molecular weight excluding hydrogens is 154 g/mol. The molecule has 0 bridgehead atoms. The highest BCUT2D eigenvalue weighted by Crippen LogP contribution is 2.01. The van der Waals surface area contributed by atoms with E-state index in [1.54, 1.807) is 13.1 Å². The lowest BCUT2D eigenvalue weighted by Crippen LogP contribution is -2.43. The molecule has 0 aliphatic heterocycles. The number of likely N-dealkylation sites (N-methyl/N-ethyl adjacent to an activating group) is 1. The summed E-state index contributed by atoms with van der Waals surface area (Å²) in [5.74, 6) is -1.73. The Balaban J connectivity index is 0. The van der Waals surface area contributed by atoms with E-state index in [4.69, 9.17) is 10.2 Å². The zero-order valence-corrected chi connectivity index (χ0v) is 7.06. The topological polar surface area (TPSA) is 43.7 Å². The van der Waals surface area contributed by atoms with Gasteiger partial charge in [-0.1, -0.05) is 6.08 Å². The van der Waals surface area contributed by atoms with Crippen LogP contribution in [0, 0.1) is 0 Å². The molecule has 0 aromatic rings. The Morgan fingerprint density at radius 1 is 1.60 bits per heavy atom. The van der Waals surface area contributed by atoms with E-state index in [0.717, 1.165) is 0 Å². The summed E-state index contributed by atoms with van der Waals surface area (Å²) in [7, 11) is 1.60. The van der Waals surface area contributed by atoms with E-state index in [0.29, 0.717) is 6.54 Å². The summed E-state index contributed by atoms with van der Waals surface area (Å²) in [5.41, 5.74) is 0. The fourth-order valence-corrected chi connectivity index (χ4v) is 0.367. The van der Waals surface area contributed by atoms with Crippen LogP contribution in [0.4, 0.5) is 0 Å². The van der Waals surface area contributed by atoms with Gasteiger partial charge in [0.25, 0.3) is 0 Å². The fraction of sp³-hybridized carbons (Fsp3) is 0.667. The third-order valence-electron chi connectivity index (χ3n) is 1.13. The average Bonchev–Trinajstić information content (AvgIpc) is 1.64. The van der Waals surface area contributed by atoms with Gasteiger partial charge in [-0.05, 0) is 7.05 Å². The van der Waals surface area contributed by atoms with E-state index in [-0.39, 0.29) is 12.4 Å². The highest BCUT2D eigenvalue weighted by atomic mass is 35.5. The van der Waals surface area contributed by atoms with Gasteiger partial charge in [0.2, 0.25) is 5.91 Å². The van der Waals surface area contributed by atoms with E-state index in [9.17, 15) is 0 Å². The molecule has 0 aromatic heterocycles. The zero-order chi connectivity index (χ0) is 7.49. The normalized spacial score (nSPS) is 10.9. The van der Waals surface area contributed by atoms with Gasteiger partial charge >= 0.3 is 0 Å². The van der Waals surface area contributed by atoms with Crippen molar-refractivity contribution in [3.8, 4) is 0 Å². The maximum Gasteiger partial charge on any atom is 0.221 e. The molecule has 62 valence electrons. The lowest BCUT2D eigenvalue weighted by atomic mass is 10.4. The minimum atomic E-state index is -1.73. The summed E-state index contributed by atoms with van der Waals surface area (Å²) >= 11 is 0. The molecule has 0 amide bonds. The number of rotatable bonds is 3. The Morgan fingerprint density at radius 3 is 2.10 bits per heavy atom. The van der Waals surface area contributed by atoms with Crippen molar-refractivity contribution in [2.45, 2.75) is 12.8 Å². The van der Waals surface area contributed by atoms with E-state index in [2.05, 4.69) is 6.58 Å². The quantitative estimate of drug-likeness (QED) is 0.466. The standard InChI is InChI=1S/C6H13NO2.ClH/c1-4-5-7(3)6(2,8)9;/h4,8-9H,1,5H2,2-3H3;1H. The van der Waals surface area contributed by atoms with Gasteiger partial charge in [0, 0.05) is 13.5 Å². The second-order valence-corrected chi connectivity index (χ2v) is 2.14. The maximum atomic E-state index is 8.85. The van der Waals surface area contributed by atoms with Crippen molar-refractivity contribution in [2.75, 3.05) is 13.6 Å². The number of hydrogen-bond acceptors (Lipinski definition) is 3. The van der Waals surface area contributed by atoms with Crippen LogP contribution in [0.25, 0.3) is 0 Å². The first-order valence-corrected chi connectivity index (χ1v) is 2.75. The predicted octanol–water partition coefficient (Wildman–Crippen LogP) is 0.184. The third-order valence-corrected chi connectivity index (χ3v) is 1.13. The Hall–Kier alpha value is -0.0900. The summed E-state index contributed by atoms with van der Waals surface area (Å²) < 4.78 is 0. The Bertz CT molecular complexity index is 100. The number of aliphatic hydroxyl groups is 2. The Labute approximate surface area is 67.4 Å². The van der Waals surface area contributed by atoms with Gasteiger partial charge in [0.05, 0.1) is 0 Å². The summed E-state index contributed by atoms with van der Waals surface area (Å²) in [4.78, 5) is 1.36. The van der Waals surface area contributed by atoms with Crippen molar-refractivity contribution in [1.29, 1.82) is 0 Å². The van der Waals surface area contributed by atoms with E-state index >= 15 is 0 Å². The fourth-order valence-electron chi connectivity index (χ4n) is 0.367. The van der Waals surface area contributed by atoms with Crippen molar-refractivity contribution >= 4 is 12.4 Å². The monoisotopic (exact) mass is 167 g/mol. The van der Waals surface area contributed by atoms with Crippen LogP contribution in [0.1, 0.15) is 6.92 Å². The van der Waals surface area contributed by atoms with Gasteiger partial charge in [-0.2, -0.15) is 0 Å². The SMILES string of the molecule is C=CCN(C)C(C)(O)O.Cl. The molecule has 0 unspecified atom stereocenters. The number of hydrogen-bond donors (Lipinski definition) is 2. The maximum absolute atomic E-state index is 8.85. The van der Waals surface area contributed by atoms with Crippen LogP contribution < -0.4 is 0 Å². The predicted molar refractivity (Wildman–Crippen MR) is 42.9 cm³/mol. The van der Waals surface area contributed by atoms with Gasteiger partial charge in [-0.15, -0.1) is 19.0 Å². The molecule has 0 heterocycles. The van der Waals surface area contributed by atoms with Crippen LogP contribution in [-0.4, -0.2) is 34.6 Å². The molecule has 0 atom stereocenters. The molecule has 2 N–H and O–H groups in total. The van der Waals surface area contributed by atoms with Crippen LogP contribution >= 0.6 is 12.4 Å². The summed E-state index contributed by atoms with van der Waals surface area (Å²) in [6.45, 7) is 5.21. The summed E-state index contributed by atoms with van der Waals surface area (Å²) in [6.07, 6.45) is 1.60. The van der Waals surface area contributed by atoms with Gasteiger partial charge in [0.15, 0.2) is 0 Å². The molecule has 0 spiro atoms. The lowest BCUT2D eigenvalue weighted by Gasteiger charge is -2.26. The van der Waals surface area contributed by atoms with Crippen LogP contribution in [0.5, 0.6) is 0 Å². The minimum absolute atomic E-state index is 0. The molecular formula is C6H14ClNO2. The van der Waals surface area contributed by atoms with Crippen molar-refractivity contribution in [3.63, 3.8) is 0 Å². The van der Waals surface area contributed by atoms with Crippen LogP contribution in [0.15, 0.2) is 12.7 Å². The minimum Gasteiger partial charge on any atom is -0.353 e. The first-order chi connectivity index (χ1) is 3.98. The van der Waals surface area contributed by atoms with Crippen molar-refractivity contribution in [2.24, 2.45) is 0 Å². The molecule has 0 fully saturated rings. The van der Waals surface area contributed by atoms with Crippen LogP contribution in [0.2, 0.25) is 0 Å². The smallest absolute Gasteiger partial charge is 0.221 e. The largest absolute Gasteiger partial charge is 0.353 e. The number of halogens is 1. The van der Waals surface area contributed by atoms with E-state index < -0.39 is 5.91 Å². The molecule has 0 saturated heterocycles. The van der Waals surface area contributed by atoms with E-state index in [1.807, 2.05) is 0 Å². The number of nitrogens with zero attached hydrogens (tertiary/aromatic N) is 1. The second-order valence-electron chi connectivity index (χ2n) is 2.14. The molecule has 0 aliphatic rings. The summed E-state index contributed by atoms with van der Waals surface area (Å²) in [5, 5.41) is 17.7.